The Balaban J connectivity index is 1.86. The van der Waals surface area contributed by atoms with Crippen LogP contribution in [0, 0.1) is 11.8 Å². The smallest absolute Gasteiger partial charge is 0.119 e. The molecule has 0 radical (unpaired) electrons. The third-order valence-electron chi connectivity index (χ3n) is 3.66. The van der Waals surface area contributed by atoms with Gasteiger partial charge in [0.05, 0.1) is 12.2 Å². The van der Waals surface area contributed by atoms with Gasteiger partial charge in [0.1, 0.15) is 6.29 Å². The molecule has 3 heteroatoms. The van der Waals surface area contributed by atoms with Gasteiger partial charge in [0.15, 0.2) is 0 Å². The number of aliphatic hydroxyl groups is 1. The van der Waals surface area contributed by atoms with Crippen molar-refractivity contribution in [2.75, 3.05) is 6.61 Å². The van der Waals surface area contributed by atoms with Crippen LogP contribution in [-0.4, -0.2) is 30.2 Å². The predicted octanol–water partition coefficient (Wildman–Crippen LogP) is 1.14. The van der Waals surface area contributed by atoms with Crippen LogP contribution >= 0.6 is 0 Å². The molecule has 2 bridgehead atoms. The molecule has 4 atom stereocenters. The molecule has 2 rings (SSSR count). The molecule has 2 heterocycles. The molecule has 0 aromatic heterocycles. The summed E-state index contributed by atoms with van der Waals surface area (Å²) in [5, 5.41) is 9.27. The highest BCUT2D eigenvalue weighted by Gasteiger charge is 2.47. The lowest BCUT2D eigenvalue weighted by molar-refractivity contribution is -0.108. The minimum absolute atomic E-state index is 0.243. The van der Waals surface area contributed by atoms with Crippen molar-refractivity contribution in [2.45, 2.75) is 44.3 Å². The van der Waals surface area contributed by atoms with Crippen molar-refractivity contribution in [1.29, 1.82) is 0 Å². The molecular weight excluding hydrogens is 180 g/mol. The van der Waals surface area contributed by atoms with Crippen molar-refractivity contribution in [2.24, 2.45) is 11.8 Å². The van der Waals surface area contributed by atoms with E-state index < -0.39 is 0 Å². The number of aldehydes is 1. The molecule has 2 aliphatic rings. The van der Waals surface area contributed by atoms with Crippen LogP contribution in [0.3, 0.4) is 0 Å². The number of aliphatic hydroxyl groups excluding tert-OH is 1. The minimum atomic E-state index is 0.243. The fourth-order valence-electron chi connectivity index (χ4n) is 2.96. The first-order valence-corrected chi connectivity index (χ1v) is 5.56. The van der Waals surface area contributed by atoms with E-state index in [9.17, 15) is 9.90 Å². The maximum absolute atomic E-state index is 10.2. The van der Waals surface area contributed by atoms with Crippen LogP contribution in [0.1, 0.15) is 32.1 Å². The maximum Gasteiger partial charge on any atom is 0.119 e. The summed E-state index contributed by atoms with van der Waals surface area (Å²) in [5.41, 5.74) is 0. The third kappa shape index (κ3) is 1.71. The van der Waals surface area contributed by atoms with Gasteiger partial charge in [0.2, 0.25) is 0 Å². The molecule has 80 valence electrons. The number of unbranched alkanes of at least 4 members (excludes halogenated alkanes) is 1. The second kappa shape index (κ2) is 4.41. The number of rotatable bonds is 5. The highest BCUT2D eigenvalue weighted by Crippen LogP contribution is 2.45. The summed E-state index contributed by atoms with van der Waals surface area (Å²) in [7, 11) is 0. The largest absolute Gasteiger partial charge is 0.396 e. The first kappa shape index (κ1) is 10.1. The van der Waals surface area contributed by atoms with Gasteiger partial charge in [-0.25, -0.2) is 0 Å². The predicted molar refractivity (Wildman–Crippen MR) is 51.9 cm³/mol. The minimum Gasteiger partial charge on any atom is -0.396 e. The Morgan fingerprint density at radius 2 is 2.00 bits per heavy atom. The summed E-state index contributed by atoms with van der Waals surface area (Å²) >= 11 is 0. The summed E-state index contributed by atoms with van der Waals surface area (Å²) in [4.78, 5) is 10.2. The number of fused-ring (bicyclic) bond motifs is 2. The van der Waals surface area contributed by atoms with Gasteiger partial charge in [-0.2, -0.15) is 0 Å². The average Bonchev–Trinajstić information content (AvgIpc) is 2.78. The van der Waals surface area contributed by atoms with E-state index >= 15 is 0 Å². The van der Waals surface area contributed by atoms with Crippen LogP contribution in [-0.2, 0) is 9.53 Å². The quantitative estimate of drug-likeness (QED) is 0.532. The zero-order valence-electron chi connectivity index (χ0n) is 8.39. The van der Waals surface area contributed by atoms with Gasteiger partial charge in [0.25, 0.3) is 0 Å². The molecule has 0 amide bonds. The third-order valence-corrected chi connectivity index (χ3v) is 3.66. The Morgan fingerprint density at radius 1 is 1.29 bits per heavy atom. The molecule has 0 saturated carbocycles. The van der Waals surface area contributed by atoms with E-state index in [1.807, 2.05) is 0 Å². The molecule has 2 saturated heterocycles. The molecule has 14 heavy (non-hydrogen) atoms. The summed E-state index contributed by atoms with van der Waals surface area (Å²) in [6, 6.07) is 0. The Labute approximate surface area is 84.4 Å². The summed E-state index contributed by atoms with van der Waals surface area (Å²) in [6.07, 6.45) is 6.51. The molecule has 2 fully saturated rings. The lowest BCUT2D eigenvalue weighted by atomic mass is 9.77. The molecular formula is C11H18O3. The Morgan fingerprint density at radius 3 is 2.64 bits per heavy atom. The summed E-state index contributed by atoms with van der Waals surface area (Å²) < 4.78 is 5.77. The van der Waals surface area contributed by atoms with Crippen LogP contribution < -0.4 is 0 Å². The first-order valence-electron chi connectivity index (χ1n) is 5.56. The van der Waals surface area contributed by atoms with Crippen LogP contribution in [0.5, 0.6) is 0 Å². The number of hydrogen-bond acceptors (Lipinski definition) is 3. The van der Waals surface area contributed by atoms with Crippen molar-refractivity contribution < 1.29 is 14.6 Å². The van der Waals surface area contributed by atoms with E-state index in [1.165, 1.54) is 0 Å². The van der Waals surface area contributed by atoms with E-state index in [0.717, 1.165) is 32.0 Å². The second-order valence-corrected chi connectivity index (χ2v) is 4.40. The van der Waals surface area contributed by atoms with Gasteiger partial charge in [-0.05, 0) is 31.6 Å². The Hall–Kier alpha value is -0.410. The summed E-state index contributed by atoms with van der Waals surface area (Å²) in [5.74, 6) is 0.833. The second-order valence-electron chi connectivity index (χ2n) is 4.40. The topological polar surface area (TPSA) is 46.5 Å². The van der Waals surface area contributed by atoms with E-state index in [2.05, 4.69) is 0 Å². The lowest BCUT2D eigenvalue weighted by Crippen LogP contribution is -2.29. The van der Waals surface area contributed by atoms with Crippen LogP contribution in [0.4, 0.5) is 0 Å². The fourth-order valence-corrected chi connectivity index (χ4v) is 2.96. The van der Waals surface area contributed by atoms with Gasteiger partial charge < -0.3 is 14.6 Å². The molecule has 0 aromatic carbocycles. The van der Waals surface area contributed by atoms with Gasteiger partial charge in [-0.1, -0.05) is 0 Å². The molecule has 0 unspecified atom stereocenters. The molecule has 0 aromatic rings. The summed E-state index contributed by atoms with van der Waals surface area (Å²) in [6.45, 7) is 0.243. The zero-order valence-corrected chi connectivity index (χ0v) is 8.39. The number of ether oxygens (including phenoxy) is 1. The monoisotopic (exact) mass is 198 g/mol. The van der Waals surface area contributed by atoms with E-state index in [0.29, 0.717) is 30.5 Å². The van der Waals surface area contributed by atoms with Crippen LogP contribution in [0.2, 0.25) is 0 Å². The fraction of sp³-hybridized carbons (Fsp3) is 0.909. The molecule has 1 N–H and O–H groups in total. The molecule has 0 aliphatic carbocycles. The van der Waals surface area contributed by atoms with Crippen LogP contribution in [0.15, 0.2) is 0 Å². The number of carbonyl (C=O) groups excluding carboxylic acids is 1. The van der Waals surface area contributed by atoms with Crippen molar-refractivity contribution in [1.82, 2.24) is 0 Å². The highest BCUT2D eigenvalue weighted by atomic mass is 16.5. The molecule has 2 aliphatic heterocycles. The van der Waals surface area contributed by atoms with E-state index in [-0.39, 0.29) is 6.61 Å². The van der Waals surface area contributed by atoms with Crippen molar-refractivity contribution in [3.63, 3.8) is 0 Å². The van der Waals surface area contributed by atoms with E-state index in [1.54, 1.807) is 0 Å². The maximum atomic E-state index is 10.2. The first-order chi connectivity index (χ1) is 6.86. The van der Waals surface area contributed by atoms with Crippen molar-refractivity contribution in [3.8, 4) is 0 Å². The highest BCUT2D eigenvalue weighted by molar-refractivity contribution is 5.48. The number of hydrogen-bond donors (Lipinski definition) is 1. The normalized spacial score (nSPS) is 40.4. The van der Waals surface area contributed by atoms with Crippen molar-refractivity contribution in [3.05, 3.63) is 0 Å². The van der Waals surface area contributed by atoms with Gasteiger partial charge in [0, 0.05) is 18.9 Å². The van der Waals surface area contributed by atoms with Crippen molar-refractivity contribution >= 4 is 6.29 Å². The van der Waals surface area contributed by atoms with Gasteiger partial charge >= 0.3 is 0 Å². The SMILES string of the molecule is O=CCCC[C@@H]1[C@H](CO)[C@@H]2CC[C@H]1O2. The Bertz CT molecular complexity index is 205. The lowest BCUT2D eigenvalue weighted by Gasteiger charge is -2.25. The number of carbonyl (C=O) groups is 1. The average molecular weight is 198 g/mol. The standard InChI is InChI=1S/C11H18O3/c12-6-2-1-3-8-9(7-13)11-5-4-10(8)14-11/h6,8-11,13H,1-5,7H2/t8-,9+,10-,11+/m1/s1. The van der Waals surface area contributed by atoms with Gasteiger partial charge in [-0.15, -0.1) is 0 Å². The Kier molecular flexibility index (Phi) is 3.19. The van der Waals surface area contributed by atoms with Gasteiger partial charge in [-0.3, -0.25) is 0 Å². The zero-order chi connectivity index (χ0) is 9.97. The molecule has 3 nitrogen and oxygen atoms in total. The molecule has 0 spiro atoms. The van der Waals surface area contributed by atoms with E-state index in [4.69, 9.17) is 4.74 Å². The van der Waals surface area contributed by atoms with Crippen LogP contribution in [0.25, 0.3) is 0 Å².